The molecule has 3 rings (SSSR count). The van der Waals surface area contributed by atoms with Gasteiger partial charge in [0.15, 0.2) is 0 Å². The fourth-order valence-electron chi connectivity index (χ4n) is 9.87. The van der Waals surface area contributed by atoms with Crippen molar-refractivity contribution in [2.45, 2.75) is 171 Å². The molecule has 0 aromatic heterocycles. The number of hydrogen-bond acceptors (Lipinski definition) is 4. The molecule has 1 fully saturated rings. The number of unbranched alkanes of at least 4 members (excludes halogenated alkanes) is 18. The summed E-state index contributed by atoms with van der Waals surface area (Å²) in [6.45, 7) is 7.35. The Morgan fingerprint density at radius 2 is 1.00 bits per heavy atom. The van der Waals surface area contributed by atoms with Gasteiger partial charge in [0.25, 0.3) is 0 Å². The highest BCUT2D eigenvalue weighted by atomic mass is 32.1. The summed E-state index contributed by atoms with van der Waals surface area (Å²) >= 11 is 19.4. The molecule has 1 aliphatic carbocycles. The van der Waals surface area contributed by atoms with Crippen LogP contribution >= 0.6 is 50.5 Å². The number of benzene rings is 2. The molecule has 1 saturated carbocycles. The van der Waals surface area contributed by atoms with Gasteiger partial charge in [-0.15, -0.1) is 0 Å². The van der Waals surface area contributed by atoms with Crippen LogP contribution in [-0.4, -0.2) is 16.8 Å². The molecule has 0 saturated heterocycles. The van der Waals surface area contributed by atoms with Crippen LogP contribution in [-0.2, 0) is 5.41 Å². The fraction of sp³-hybridized carbons (Fsp3) is 0.696. The largest absolute Gasteiger partial charge is 0.179 e. The zero-order valence-electron chi connectivity index (χ0n) is 31.8. The highest BCUT2D eigenvalue weighted by Crippen LogP contribution is 2.68. The molecule has 282 valence electrons. The van der Waals surface area contributed by atoms with Crippen molar-refractivity contribution in [3.63, 3.8) is 0 Å². The van der Waals surface area contributed by atoms with E-state index in [9.17, 15) is 0 Å². The Balaban J connectivity index is 1.85. The second-order valence-electron chi connectivity index (χ2n) is 15.8. The minimum absolute atomic E-state index is 0.0151. The summed E-state index contributed by atoms with van der Waals surface area (Å²) in [6.07, 6.45) is 30.4. The molecule has 0 spiro atoms. The van der Waals surface area contributed by atoms with E-state index < -0.39 is 0 Å². The van der Waals surface area contributed by atoms with E-state index in [1.807, 2.05) is 0 Å². The normalized spacial score (nSPS) is 22.5. The lowest BCUT2D eigenvalue weighted by molar-refractivity contribution is -0.0242. The van der Waals surface area contributed by atoms with E-state index in [2.05, 4.69) is 98.6 Å². The lowest BCUT2D eigenvalue weighted by Gasteiger charge is -2.65. The molecule has 4 heteroatoms. The molecular formula is C46H74S4. The smallest absolute Gasteiger partial charge is 0.0171 e. The van der Waals surface area contributed by atoms with Crippen LogP contribution in [0.15, 0.2) is 60.7 Å². The molecule has 0 aliphatic heterocycles. The molecule has 2 aromatic carbocycles. The van der Waals surface area contributed by atoms with Gasteiger partial charge >= 0.3 is 0 Å². The van der Waals surface area contributed by atoms with Gasteiger partial charge in [0.2, 0.25) is 0 Å². The summed E-state index contributed by atoms with van der Waals surface area (Å²) in [6, 6.07) is 23.1. The molecule has 0 bridgehead atoms. The van der Waals surface area contributed by atoms with Crippen molar-refractivity contribution < 1.29 is 0 Å². The molecule has 5 atom stereocenters. The standard InChI is InChI=1S/C46H74S4/c1-39-37-43(41-29-21-19-22-30-41)46(40(2)38-49,42-31-23-20-24-32-42)45(44(39)50,33-25-15-11-7-3-5-9-13-17-27-35-47)34-26-16-12-8-4-6-10-14-18-28-36-48/h19-24,29-32,38-40,43-44,47-50H,1,3-18,25-28,33-37H2,2H3. The van der Waals surface area contributed by atoms with E-state index in [1.54, 1.807) is 0 Å². The molecule has 0 nitrogen and oxygen atoms in total. The number of rotatable bonds is 28. The average Bonchev–Trinajstić information content (AvgIpc) is 3.15. The molecule has 0 heterocycles. The molecule has 0 N–H and O–H groups in total. The number of hydrogen-bond donors (Lipinski definition) is 4. The van der Waals surface area contributed by atoms with Crippen LogP contribution in [0.2, 0.25) is 0 Å². The Morgan fingerprint density at radius 3 is 1.40 bits per heavy atom. The Hall–Kier alpha value is -0.160. The summed E-state index contributed by atoms with van der Waals surface area (Å²) in [7, 11) is 0. The van der Waals surface area contributed by atoms with Crippen LogP contribution in [0.4, 0.5) is 0 Å². The summed E-state index contributed by atoms with van der Waals surface area (Å²) in [4.78, 5) is 0. The first kappa shape index (κ1) is 44.2. The van der Waals surface area contributed by atoms with Crippen molar-refractivity contribution in [1.82, 2.24) is 0 Å². The zero-order valence-corrected chi connectivity index (χ0v) is 35.4. The first-order chi connectivity index (χ1) is 24.5. The van der Waals surface area contributed by atoms with Gasteiger partial charge in [-0.3, -0.25) is 0 Å². The van der Waals surface area contributed by atoms with Crippen molar-refractivity contribution in [3.8, 4) is 0 Å². The van der Waals surface area contributed by atoms with E-state index in [4.69, 9.17) is 32.2 Å². The van der Waals surface area contributed by atoms with Crippen LogP contribution in [0.5, 0.6) is 0 Å². The quantitative estimate of drug-likeness (QED) is 0.0483. The monoisotopic (exact) mass is 754 g/mol. The minimum atomic E-state index is -0.113. The van der Waals surface area contributed by atoms with Gasteiger partial charge in [0.05, 0.1) is 0 Å². The second-order valence-corrected chi connectivity index (χ2v) is 17.5. The summed E-state index contributed by atoms with van der Waals surface area (Å²) in [5, 5.41) is 0.243. The van der Waals surface area contributed by atoms with Gasteiger partial charge in [-0.1, -0.05) is 183 Å². The predicted molar refractivity (Wildman–Crippen MR) is 238 cm³/mol. The number of thiol groups is 4. The van der Waals surface area contributed by atoms with E-state index in [-0.39, 0.29) is 22.0 Å². The molecule has 0 amide bonds. The average molecular weight is 755 g/mol. The molecule has 2 aromatic rings. The van der Waals surface area contributed by atoms with Crippen LogP contribution in [0.1, 0.15) is 172 Å². The van der Waals surface area contributed by atoms with Crippen LogP contribution in [0.3, 0.4) is 0 Å². The highest BCUT2D eigenvalue weighted by molar-refractivity contribution is 7.82. The van der Waals surface area contributed by atoms with Crippen molar-refractivity contribution >= 4 is 50.5 Å². The summed E-state index contributed by atoms with van der Waals surface area (Å²) in [5.41, 5.74) is 2.84. The van der Waals surface area contributed by atoms with Gasteiger partial charge in [0, 0.05) is 16.4 Å². The topological polar surface area (TPSA) is 0 Å². The first-order valence-electron chi connectivity index (χ1n) is 20.8. The lowest BCUT2D eigenvalue weighted by atomic mass is 9.40. The Labute approximate surface area is 333 Å². The summed E-state index contributed by atoms with van der Waals surface area (Å²) in [5.74, 6) is 5.24. The van der Waals surface area contributed by atoms with Gasteiger partial charge in [0.1, 0.15) is 0 Å². The fourth-order valence-corrected chi connectivity index (χ4v) is 11.1. The van der Waals surface area contributed by atoms with E-state index in [0.717, 1.165) is 17.9 Å². The third-order valence-corrected chi connectivity index (χ3v) is 14.4. The molecule has 2 radical (unpaired) electrons. The van der Waals surface area contributed by atoms with E-state index >= 15 is 0 Å². The Kier molecular flexibility index (Phi) is 22.8. The molecule has 1 aliphatic rings. The van der Waals surface area contributed by atoms with Crippen LogP contribution in [0, 0.1) is 29.9 Å². The maximum atomic E-state index is 5.69. The van der Waals surface area contributed by atoms with E-state index in [1.165, 1.54) is 152 Å². The third kappa shape index (κ3) is 12.7. The molecule has 5 unspecified atom stereocenters. The summed E-state index contributed by atoms with van der Waals surface area (Å²) < 4.78 is 0. The van der Waals surface area contributed by atoms with Gasteiger partial charge in [-0.25, -0.2) is 0 Å². The molecular weight excluding hydrogens is 681 g/mol. The SMILES string of the molecule is [CH2]C1CC(c2ccccc2)C(c2ccccc2)(C(C)[CH]S)C(CCCCCCCCCCCCS)(CCCCCCCCCCCCS)C1S. The Bertz CT molecular complexity index is 1060. The van der Waals surface area contributed by atoms with Crippen LogP contribution in [0.25, 0.3) is 0 Å². The molecule has 50 heavy (non-hydrogen) atoms. The first-order valence-corrected chi connectivity index (χ1v) is 23.1. The zero-order chi connectivity index (χ0) is 35.9. The van der Waals surface area contributed by atoms with E-state index in [0.29, 0.717) is 11.8 Å². The van der Waals surface area contributed by atoms with Crippen LogP contribution < -0.4 is 0 Å². The van der Waals surface area contributed by atoms with Crippen molar-refractivity contribution in [2.75, 3.05) is 11.5 Å². The maximum Gasteiger partial charge on any atom is 0.0171 e. The van der Waals surface area contributed by atoms with Gasteiger partial charge < -0.3 is 0 Å². The van der Waals surface area contributed by atoms with Crippen molar-refractivity contribution in [3.05, 3.63) is 84.5 Å². The second kappa shape index (κ2) is 25.8. The van der Waals surface area contributed by atoms with Gasteiger partial charge in [-0.05, 0) is 84.8 Å². The van der Waals surface area contributed by atoms with Crippen molar-refractivity contribution in [1.29, 1.82) is 0 Å². The minimum Gasteiger partial charge on any atom is -0.179 e. The Morgan fingerprint density at radius 1 is 0.620 bits per heavy atom. The predicted octanol–water partition coefficient (Wildman–Crippen LogP) is 15.0. The van der Waals surface area contributed by atoms with Gasteiger partial charge in [-0.2, -0.15) is 50.5 Å². The lowest BCUT2D eigenvalue weighted by Crippen LogP contribution is -2.62. The third-order valence-electron chi connectivity index (χ3n) is 12.4. The highest BCUT2D eigenvalue weighted by Gasteiger charge is 2.64. The maximum absolute atomic E-state index is 5.69. The van der Waals surface area contributed by atoms with Crippen molar-refractivity contribution in [2.24, 2.45) is 17.3 Å².